The molecule has 4 heteroatoms. The maximum atomic E-state index is 11.3. The zero-order valence-corrected chi connectivity index (χ0v) is 15.0. The van der Waals surface area contributed by atoms with Crippen molar-refractivity contribution in [1.82, 2.24) is 0 Å². The second-order valence-electron chi connectivity index (χ2n) is 6.14. The zero-order chi connectivity index (χ0) is 18.1. The van der Waals surface area contributed by atoms with Crippen LogP contribution in [-0.4, -0.2) is 26.2 Å². The molecule has 0 aliphatic carbocycles. The molecule has 4 nitrogen and oxygen atoms in total. The van der Waals surface area contributed by atoms with Gasteiger partial charge in [-0.1, -0.05) is 36.4 Å². The molecule has 0 atom stereocenters. The van der Waals surface area contributed by atoms with Crippen molar-refractivity contribution in [2.24, 2.45) is 0 Å². The minimum atomic E-state index is -0.161. The number of hydrogen-bond donors (Lipinski definition) is 0. The number of hydrogen-bond acceptors (Lipinski definition) is 4. The number of carbonyl (C=O) groups excluding carboxylic acids is 2. The van der Waals surface area contributed by atoms with Gasteiger partial charge in [-0.15, -0.1) is 0 Å². The summed E-state index contributed by atoms with van der Waals surface area (Å²) < 4.78 is 9.38. The fourth-order valence-corrected chi connectivity index (χ4v) is 3.07. The van der Waals surface area contributed by atoms with Crippen molar-refractivity contribution in [3.8, 4) is 0 Å². The second-order valence-corrected chi connectivity index (χ2v) is 6.14. The van der Waals surface area contributed by atoms with Gasteiger partial charge in [-0.2, -0.15) is 0 Å². The van der Waals surface area contributed by atoms with Crippen molar-refractivity contribution in [2.75, 3.05) is 14.2 Å². The van der Waals surface area contributed by atoms with Crippen LogP contribution in [0.1, 0.15) is 43.2 Å². The average Bonchev–Trinajstić information content (AvgIpc) is 2.65. The molecule has 0 aliphatic heterocycles. The standard InChI is InChI=1S/C21H26O4/c1-24-20(22)12-6-3-8-16-14-15-17(9-7-13-21(23)25-2)19-11-5-4-10-18(16)19/h4-5,10-11,14-15H,3,6-9,12-13H2,1-2H3. The minimum Gasteiger partial charge on any atom is -0.469 e. The molecule has 0 spiro atoms. The Hall–Kier alpha value is -2.36. The lowest BCUT2D eigenvalue weighted by molar-refractivity contribution is -0.141. The van der Waals surface area contributed by atoms with Crippen LogP contribution >= 0.6 is 0 Å². The normalized spacial score (nSPS) is 10.6. The molecular formula is C21H26O4. The van der Waals surface area contributed by atoms with Gasteiger partial charge in [-0.25, -0.2) is 0 Å². The van der Waals surface area contributed by atoms with Gasteiger partial charge in [-0.3, -0.25) is 9.59 Å². The van der Waals surface area contributed by atoms with E-state index < -0.39 is 0 Å². The molecule has 0 saturated carbocycles. The summed E-state index contributed by atoms with van der Waals surface area (Å²) in [6.07, 6.45) is 5.30. The maximum Gasteiger partial charge on any atom is 0.305 e. The lowest BCUT2D eigenvalue weighted by atomic mass is 9.94. The number of methoxy groups -OCH3 is 2. The maximum absolute atomic E-state index is 11.3. The Labute approximate surface area is 149 Å². The Kier molecular flexibility index (Phi) is 7.45. The summed E-state index contributed by atoms with van der Waals surface area (Å²) in [4.78, 5) is 22.5. The van der Waals surface area contributed by atoms with E-state index in [0.717, 1.165) is 32.1 Å². The van der Waals surface area contributed by atoms with Gasteiger partial charge in [0.05, 0.1) is 14.2 Å². The summed E-state index contributed by atoms with van der Waals surface area (Å²) in [5.41, 5.74) is 2.56. The molecular weight excluding hydrogens is 316 g/mol. The smallest absolute Gasteiger partial charge is 0.305 e. The van der Waals surface area contributed by atoms with E-state index in [0.29, 0.717) is 12.8 Å². The predicted octanol–water partition coefficient (Wildman–Crippen LogP) is 4.22. The van der Waals surface area contributed by atoms with Crippen molar-refractivity contribution < 1.29 is 19.1 Å². The van der Waals surface area contributed by atoms with Crippen LogP contribution in [-0.2, 0) is 31.9 Å². The average molecular weight is 342 g/mol. The van der Waals surface area contributed by atoms with E-state index in [1.807, 2.05) is 6.07 Å². The molecule has 2 aromatic carbocycles. The van der Waals surface area contributed by atoms with Gasteiger partial charge in [0.15, 0.2) is 0 Å². The van der Waals surface area contributed by atoms with Crippen LogP contribution in [0.5, 0.6) is 0 Å². The van der Waals surface area contributed by atoms with Crippen LogP contribution in [0, 0.1) is 0 Å². The number of esters is 2. The molecule has 0 heterocycles. The number of rotatable bonds is 9. The zero-order valence-electron chi connectivity index (χ0n) is 15.0. The Morgan fingerprint density at radius 1 is 0.720 bits per heavy atom. The number of carbonyl (C=O) groups is 2. The summed E-state index contributed by atoms with van der Waals surface area (Å²) in [5, 5.41) is 2.51. The third kappa shape index (κ3) is 5.59. The van der Waals surface area contributed by atoms with Crippen molar-refractivity contribution in [3.05, 3.63) is 47.5 Å². The van der Waals surface area contributed by atoms with Gasteiger partial charge in [0.2, 0.25) is 0 Å². The monoisotopic (exact) mass is 342 g/mol. The molecule has 0 aliphatic rings. The summed E-state index contributed by atoms with van der Waals surface area (Å²) in [6.45, 7) is 0. The van der Waals surface area contributed by atoms with Crippen molar-refractivity contribution in [2.45, 2.75) is 44.9 Å². The molecule has 2 rings (SSSR count). The lowest BCUT2D eigenvalue weighted by Gasteiger charge is -2.11. The molecule has 0 unspecified atom stereocenters. The summed E-state index contributed by atoms with van der Waals surface area (Å²) in [7, 11) is 2.85. The summed E-state index contributed by atoms with van der Waals surface area (Å²) in [6, 6.07) is 12.7. The van der Waals surface area contributed by atoms with E-state index in [1.54, 1.807) is 0 Å². The number of aryl methyl sites for hydroxylation is 2. The lowest BCUT2D eigenvalue weighted by Crippen LogP contribution is -2.01. The van der Waals surface area contributed by atoms with Gasteiger partial charge in [0.25, 0.3) is 0 Å². The van der Waals surface area contributed by atoms with E-state index in [-0.39, 0.29) is 11.9 Å². The Balaban J connectivity index is 2.04. The highest BCUT2D eigenvalue weighted by molar-refractivity contribution is 5.88. The molecule has 0 fully saturated rings. The molecule has 0 radical (unpaired) electrons. The van der Waals surface area contributed by atoms with Crippen LogP contribution in [0.25, 0.3) is 10.8 Å². The van der Waals surface area contributed by atoms with E-state index >= 15 is 0 Å². The van der Waals surface area contributed by atoms with E-state index in [1.165, 1.54) is 36.1 Å². The van der Waals surface area contributed by atoms with E-state index in [4.69, 9.17) is 4.74 Å². The Morgan fingerprint density at radius 2 is 1.20 bits per heavy atom. The predicted molar refractivity (Wildman–Crippen MR) is 98.5 cm³/mol. The van der Waals surface area contributed by atoms with Gasteiger partial charge in [0.1, 0.15) is 0 Å². The number of benzene rings is 2. The van der Waals surface area contributed by atoms with Crippen LogP contribution in [0.4, 0.5) is 0 Å². The largest absolute Gasteiger partial charge is 0.469 e. The van der Waals surface area contributed by atoms with Gasteiger partial charge < -0.3 is 9.47 Å². The van der Waals surface area contributed by atoms with Gasteiger partial charge in [0, 0.05) is 12.8 Å². The molecule has 0 N–H and O–H groups in total. The quantitative estimate of drug-likeness (QED) is 0.506. The molecule has 25 heavy (non-hydrogen) atoms. The summed E-state index contributed by atoms with van der Waals surface area (Å²) >= 11 is 0. The highest BCUT2D eigenvalue weighted by atomic mass is 16.5. The van der Waals surface area contributed by atoms with E-state index in [9.17, 15) is 9.59 Å². The third-order valence-electron chi connectivity index (χ3n) is 4.46. The molecule has 134 valence electrons. The Bertz CT molecular complexity index is 721. The van der Waals surface area contributed by atoms with Crippen molar-refractivity contribution >= 4 is 22.7 Å². The molecule has 0 aromatic heterocycles. The first-order valence-corrected chi connectivity index (χ1v) is 8.79. The number of fused-ring (bicyclic) bond motifs is 1. The second kappa shape index (κ2) is 9.82. The minimum absolute atomic E-state index is 0.147. The fraction of sp³-hybridized carbons (Fsp3) is 0.429. The highest BCUT2D eigenvalue weighted by Crippen LogP contribution is 2.25. The Morgan fingerprint density at radius 3 is 1.72 bits per heavy atom. The molecule has 2 aromatic rings. The van der Waals surface area contributed by atoms with Crippen molar-refractivity contribution in [3.63, 3.8) is 0 Å². The van der Waals surface area contributed by atoms with Gasteiger partial charge >= 0.3 is 11.9 Å². The van der Waals surface area contributed by atoms with Crippen LogP contribution < -0.4 is 0 Å². The molecule has 0 bridgehead atoms. The van der Waals surface area contributed by atoms with Crippen LogP contribution in [0.15, 0.2) is 36.4 Å². The van der Waals surface area contributed by atoms with Crippen LogP contribution in [0.2, 0.25) is 0 Å². The number of ether oxygens (including phenoxy) is 2. The summed E-state index contributed by atoms with van der Waals surface area (Å²) in [5.74, 6) is -0.308. The number of unbranched alkanes of at least 4 members (excludes halogenated alkanes) is 1. The first-order valence-electron chi connectivity index (χ1n) is 8.79. The fourth-order valence-electron chi connectivity index (χ4n) is 3.07. The van der Waals surface area contributed by atoms with Gasteiger partial charge in [-0.05, 0) is 54.0 Å². The molecule has 0 saturated heterocycles. The first kappa shape index (κ1) is 19.0. The molecule has 0 amide bonds. The first-order chi connectivity index (χ1) is 12.2. The van der Waals surface area contributed by atoms with Crippen molar-refractivity contribution in [1.29, 1.82) is 0 Å². The topological polar surface area (TPSA) is 52.6 Å². The van der Waals surface area contributed by atoms with E-state index in [2.05, 4.69) is 35.1 Å². The SMILES string of the molecule is COC(=O)CCCCc1ccc(CCCC(=O)OC)c2ccccc12. The van der Waals surface area contributed by atoms with Crippen LogP contribution in [0.3, 0.4) is 0 Å². The third-order valence-corrected chi connectivity index (χ3v) is 4.46. The highest BCUT2D eigenvalue weighted by Gasteiger charge is 2.08.